The maximum atomic E-state index is 13.8. The van der Waals surface area contributed by atoms with Gasteiger partial charge in [-0.05, 0) is 32.4 Å². The van der Waals surface area contributed by atoms with E-state index in [9.17, 15) is 4.39 Å². The lowest BCUT2D eigenvalue weighted by atomic mass is 9.97. The number of ether oxygens (including phenoxy) is 1. The van der Waals surface area contributed by atoms with Gasteiger partial charge in [-0.2, -0.15) is 0 Å². The van der Waals surface area contributed by atoms with E-state index in [0.29, 0.717) is 12.4 Å². The lowest BCUT2D eigenvalue weighted by molar-refractivity contribution is 0.0119. The number of hydrogen-bond donors (Lipinski definition) is 1. The normalized spacial score (nSPS) is 26.6. The minimum Gasteiger partial charge on any atom is -0.371 e. The minimum atomic E-state index is -0.324. The Morgan fingerprint density at radius 1 is 1.44 bits per heavy atom. The lowest BCUT2D eigenvalue weighted by Crippen LogP contribution is -2.33. The number of aromatic nitrogens is 2. The highest BCUT2D eigenvalue weighted by molar-refractivity contribution is 5.37. The Hall–Kier alpha value is -1.99. The van der Waals surface area contributed by atoms with Gasteiger partial charge in [0.1, 0.15) is 5.76 Å². The molecule has 2 fully saturated rings. The van der Waals surface area contributed by atoms with Crippen LogP contribution < -0.4 is 5.32 Å². The highest BCUT2D eigenvalue weighted by Crippen LogP contribution is 2.37. The van der Waals surface area contributed by atoms with Gasteiger partial charge in [-0.25, -0.2) is 9.37 Å². The molecule has 2 unspecified atom stereocenters. The second-order valence-electron chi connectivity index (χ2n) is 7.14. The summed E-state index contributed by atoms with van der Waals surface area (Å²) in [6, 6.07) is 3.10. The molecule has 2 aromatic rings. The Kier molecular flexibility index (Phi) is 4.21. The van der Waals surface area contributed by atoms with Crippen LogP contribution in [0.25, 0.3) is 0 Å². The van der Waals surface area contributed by atoms with Crippen molar-refractivity contribution >= 4 is 5.82 Å². The molecule has 2 saturated heterocycles. The molecule has 2 atom stereocenters. The van der Waals surface area contributed by atoms with Gasteiger partial charge >= 0.3 is 0 Å². The van der Waals surface area contributed by atoms with Gasteiger partial charge in [0.15, 0.2) is 11.6 Å². The quantitative estimate of drug-likeness (QED) is 0.918. The van der Waals surface area contributed by atoms with Crippen molar-refractivity contribution in [1.29, 1.82) is 0 Å². The van der Waals surface area contributed by atoms with Crippen LogP contribution in [0.1, 0.15) is 29.9 Å². The van der Waals surface area contributed by atoms with E-state index in [2.05, 4.69) is 20.4 Å². The fraction of sp³-hybridized carbons (Fsp3) is 0.556. The number of aryl methyl sites for hydroxylation is 2. The van der Waals surface area contributed by atoms with Crippen LogP contribution in [-0.4, -0.2) is 46.4 Å². The first-order valence-electron chi connectivity index (χ1n) is 8.70. The van der Waals surface area contributed by atoms with E-state index < -0.39 is 0 Å². The second-order valence-corrected chi connectivity index (χ2v) is 7.14. The van der Waals surface area contributed by atoms with E-state index in [-0.39, 0.29) is 17.5 Å². The van der Waals surface area contributed by atoms with Crippen LogP contribution in [0.3, 0.4) is 0 Å². The van der Waals surface area contributed by atoms with Gasteiger partial charge in [0, 0.05) is 37.8 Å². The Morgan fingerprint density at radius 3 is 3.08 bits per heavy atom. The average Bonchev–Trinajstić information content (AvgIpc) is 3.27. The standard InChI is InChI=1S/C18H23FN4O2/c1-12-15(13(2)25-22-12)9-23-7-5-18(11-23)8-14(10-24-18)21-17-16(19)4-3-6-20-17/h3-4,6,14H,5,7-11H2,1-2H3,(H,20,21). The van der Waals surface area contributed by atoms with Crippen LogP contribution in [0.15, 0.2) is 22.9 Å². The minimum absolute atomic E-state index is 0.0865. The Balaban J connectivity index is 1.37. The summed E-state index contributed by atoms with van der Waals surface area (Å²) in [6.07, 6.45) is 3.44. The van der Waals surface area contributed by atoms with Gasteiger partial charge in [0.25, 0.3) is 0 Å². The first-order chi connectivity index (χ1) is 12.0. The van der Waals surface area contributed by atoms with Gasteiger partial charge < -0.3 is 14.6 Å². The number of anilines is 1. The molecule has 4 heterocycles. The predicted octanol–water partition coefficient (Wildman–Crippen LogP) is 2.67. The second kappa shape index (κ2) is 6.38. The van der Waals surface area contributed by atoms with E-state index in [0.717, 1.165) is 43.9 Å². The molecule has 6 nitrogen and oxygen atoms in total. The average molecular weight is 346 g/mol. The van der Waals surface area contributed by atoms with Crippen molar-refractivity contribution < 1.29 is 13.7 Å². The van der Waals surface area contributed by atoms with Crippen LogP contribution in [0, 0.1) is 19.7 Å². The molecule has 4 rings (SSSR count). The molecule has 0 amide bonds. The summed E-state index contributed by atoms with van der Waals surface area (Å²) >= 11 is 0. The topological polar surface area (TPSA) is 63.4 Å². The maximum absolute atomic E-state index is 13.8. The van der Waals surface area contributed by atoms with Gasteiger partial charge in [-0.15, -0.1) is 0 Å². The molecule has 0 aromatic carbocycles. The number of nitrogens with zero attached hydrogens (tertiary/aromatic N) is 3. The number of nitrogens with one attached hydrogen (secondary N) is 1. The maximum Gasteiger partial charge on any atom is 0.165 e. The molecule has 1 N–H and O–H groups in total. The third kappa shape index (κ3) is 3.26. The zero-order valence-corrected chi connectivity index (χ0v) is 14.6. The van der Waals surface area contributed by atoms with Gasteiger partial charge in [0.2, 0.25) is 0 Å². The molecule has 25 heavy (non-hydrogen) atoms. The SMILES string of the molecule is Cc1noc(C)c1CN1CCC2(CC(Nc3ncccc3F)CO2)C1. The van der Waals surface area contributed by atoms with E-state index in [1.54, 1.807) is 12.3 Å². The van der Waals surface area contributed by atoms with Crippen LogP contribution in [0.5, 0.6) is 0 Å². The summed E-state index contributed by atoms with van der Waals surface area (Å²) < 4.78 is 25.2. The third-order valence-corrected chi connectivity index (χ3v) is 5.27. The number of halogens is 1. The summed E-state index contributed by atoms with van der Waals surface area (Å²) in [6.45, 7) is 7.20. The largest absolute Gasteiger partial charge is 0.371 e. The fourth-order valence-corrected chi connectivity index (χ4v) is 3.92. The Bertz CT molecular complexity index is 746. The molecular weight excluding hydrogens is 323 g/mol. The van der Waals surface area contributed by atoms with Gasteiger partial charge in [-0.3, -0.25) is 4.90 Å². The monoisotopic (exact) mass is 346 g/mol. The summed E-state index contributed by atoms with van der Waals surface area (Å²) in [4.78, 5) is 6.46. The number of rotatable bonds is 4. The van der Waals surface area contributed by atoms with Gasteiger partial charge in [-0.1, -0.05) is 5.16 Å². The molecule has 1 spiro atoms. The molecule has 0 aliphatic carbocycles. The van der Waals surface area contributed by atoms with Crippen LogP contribution >= 0.6 is 0 Å². The first kappa shape index (κ1) is 16.5. The molecular formula is C18H23FN4O2. The van der Waals surface area contributed by atoms with Crippen molar-refractivity contribution in [2.24, 2.45) is 0 Å². The molecule has 0 bridgehead atoms. The van der Waals surface area contributed by atoms with E-state index in [1.165, 1.54) is 11.6 Å². The highest BCUT2D eigenvalue weighted by Gasteiger charge is 2.45. The van der Waals surface area contributed by atoms with E-state index in [4.69, 9.17) is 9.26 Å². The van der Waals surface area contributed by atoms with E-state index in [1.807, 2.05) is 13.8 Å². The molecule has 0 saturated carbocycles. The molecule has 134 valence electrons. The molecule has 2 aliphatic rings. The summed E-state index contributed by atoms with van der Waals surface area (Å²) in [5.41, 5.74) is 1.97. The third-order valence-electron chi connectivity index (χ3n) is 5.27. The Labute approximate surface area is 146 Å². The lowest BCUT2D eigenvalue weighted by Gasteiger charge is -2.23. The van der Waals surface area contributed by atoms with Crippen molar-refractivity contribution in [3.05, 3.63) is 41.2 Å². The first-order valence-corrected chi connectivity index (χ1v) is 8.70. The Morgan fingerprint density at radius 2 is 2.32 bits per heavy atom. The van der Waals surface area contributed by atoms with Crippen molar-refractivity contribution in [2.45, 2.75) is 44.9 Å². The number of pyridine rings is 1. The number of likely N-dealkylation sites (tertiary alicyclic amines) is 1. The van der Waals surface area contributed by atoms with Crippen LogP contribution in [0.4, 0.5) is 10.2 Å². The zero-order valence-electron chi connectivity index (χ0n) is 14.6. The van der Waals surface area contributed by atoms with E-state index >= 15 is 0 Å². The highest BCUT2D eigenvalue weighted by atomic mass is 19.1. The van der Waals surface area contributed by atoms with Crippen molar-refractivity contribution in [3.63, 3.8) is 0 Å². The fourth-order valence-electron chi connectivity index (χ4n) is 3.92. The zero-order chi connectivity index (χ0) is 17.4. The summed E-state index contributed by atoms with van der Waals surface area (Å²) in [7, 11) is 0. The summed E-state index contributed by atoms with van der Waals surface area (Å²) in [5, 5.41) is 7.21. The smallest absolute Gasteiger partial charge is 0.165 e. The van der Waals surface area contributed by atoms with Crippen LogP contribution in [-0.2, 0) is 11.3 Å². The predicted molar refractivity (Wildman–Crippen MR) is 90.8 cm³/mol. The van der Waals surface area contributed by atoms with Gasteiger partial charge in [0.05, 0.1) is 23.9 Å². The number of hydrogen-bond acceptors (Lipinski definition) is 6. The van der Waals surface area contributed by atoms with Crippen molar-refractivity contribution in [3.8, 4) is 0 Å². The molecule has 7 heteroatoms. The van der Waals surface area contributed by atoms with Crippen LogP contribution in [0.2, 0.25) is 0 Å². The van der Waals surface area contributed by atoms with Crippen molar-refractivity contribution in [1.82, 2.24) is 15.0 Å². The molecule has 0 radical (unpaired) electrons. The summed E-state index contributed by atoms with van der Waals surface area (Å²) in [5.74, 6) is 0.865. The van der Waals surface area contributed by atoms with Crippen molar-refractivity contribution in [2.75, 3.05) is 25.0 Å². The molecule has 2 aromatic heterocycles. The molecule has 2 aliphatic heterocycles.